The molecule has 1 aromatic heterocycles. The minimum absolute atomic E-state index is 0.418. The van der Waals surface area contributed by atoms with Gasteiger partial charge >= 0.3 is 0 Å². The van der Waals surface area contributed by atoms with E-state index in [-0.39, 0.29) is 0 Å². The van der Waals surface area contributed by atoms with Gasteiger partial charge in [-0.15, -0.1) is 11.3 Å². The Labute approximate surface area is 92.7 Å². The van der Waals surface area contributed by atoms with E-state index in [9.17, 15) is 4.39 Å². The molecule has 2 rings (SSSR count). The third kappa shape index (κ3) is 2.54. The van der Waals surface area contributed by atoms with Gasteiger partial charge in [0.15, 0.2) is 0 Å². The van der Waals surface area contributed by atoms with Crippen molar-refractivity contribution < 1.29 is 4.39 Å². The topological polar surface area (TPSA) is 0 Å². The zero-order chi connectivity index (χ0) is 10.7. The van der Waals surface area contributed by atoms with Gasteiger partial charge in [0, 0.05) is 11.8 Å². The van der Waals surface area contributed by atoms with Crippen molar-refractivity contribution in [1.29, 1.82) is 0 Å². The van der Waals surface area contributed by atoms with Gasteiger partial charge in [0.25, 0.3) is 0 Å². The first-order valence-corrected chi connectivity index (χ1v) is 5.47. The van der Waals surface area contributed by atoms with Gasteiger partial charge in [-0.25, -0.2) is 4.39 Å². The van der Waals surface area contributed by atoms with Crippen LogP contribution in [0, 0.1) is 6.92 Å². The van der Waals surface area contributed by atoms with Gasteiger partial charge in [0.05, 0.1) is 0 Å². The van der Waals surface area contributed by atoms with Gasteiger partial charge in [-0.3, -0.25) is 0 Å². The van der Waals surface area contributed by atoms with E-state index < -0.39 is 5.83 Å². The fourth-order valence-electron chi connectivity index (χ4n) is 1.37. The molecule has 2 heteroatoms. The van der Waals surface area contributed by atoms with Crippen LogP contribution in [0.25, 0.3) is 16.5 Å². The normalized spacial score (nSPS) is 11.7. The molecule has 0 fully saturated rings. The number of rotatable bonds is 2. The zero-order valence-corrected chi connectivity index (χ0v) is 8.93. The fourth-order valence-corrected chi connectivity index (χ4v) is 2.10. The van der Waals surface area contributed by atoms with Crippen LogP contribution in [0.4, 0.5) is 4.39 Å². The summed E-state index contributed by atoms with van der Waals surface area (Å²) in [6.45, 7) is 3.20. The Kier molecular flexibility index (Phi) is 2.97. The highest BCUT2D eigenvalue weighted by molar-refractivity contribution is 7.13. The van der Waals surface area contributed by atoms with Crippen molar-refractivity contribution in [2.75, 3.05) is 0 Å². The molecule has 0 atom stereocenters. The van der Waals surface area contributed by atoms with Gasteiger partial charge < -0.3 is 0 Å². The van der Waals surface area contributed by atoms with Crippen molar-refractivity contribution in [3.05, 3.63) is 60.1 Å². The fraction of sp³-hybridized carbons (Fsp3) is 0. The summed E-state index contributed by atoms with van der Waals surface area (Å²) in [5, 5.41) is 2.04. The second kappa shape index (κ2) is 4.41. The minimum Gasteiger partial charge on any atom is -0.212 e. The maximum Gasteiger partial charge on any atom is 0.101 e. The summed E-state index contributed by atoms with van der Waals surface area (Å²) >= 11 is 1.69. The highest BCUT2D eigenvalue weighted by atomic mass is 32.1. The molecule has 0 amide bonds. The van der Waals surface area contributed by atoms with Gasteiger partial charge in [0.1, 0.15) is 5.83 Å². The molecule has 0 nitrogen and oxygen atoms in total. The van der Waals surface area contributed by atoms with Gasteiger partial charge in [0.2, 0.25) is 0 Å². The summed E-state index contributed by atoms with van der Waals surface area (Å²) in [5.41, 5.74) is 1.99. The van der Waals surface area contributed by atoms with Crippen molar-refractivity contribution in [3.8, 4) is 10.4 Å². The Hall–Kier alpha value is -1.41. The molecule has 1 heterocycles. The molecule has 0 N–H and O–H groups in total. The van der Waals surface area contributed by atoms with E-state index in [1.807, 2.05) is 35.7 Å². The van der Waals surface area contributed by atoms with Crippen LogP contribution in [-0.4, -0.2) is 0 Å². The first-order valence-electron chi connectivity index (χ1n) is 4.59. The largest absolute Gasteiger partial charge is 0.212 e. The van der Waals surface area contributed by atoms with Crippen molar-refractivity contribution >= 4 is 17.4 Å². The maximum atomic E-state index is 12.5. The van der Waals surface area contributed by atoms with Gasteiger partial charge in [-0.2, -0.15) is 0 Å². The van der Waals surface area contributed by atoms with E-state index in [1.54, 1.807) is 11.3 Å². The summed E-state index contributed by atoms with van der Waals surface area (Å²) in [6.07, 6.45) is 1.41. The van der Waals surface area contributed by atoms with Crippen LogP contribution in [0.3, 0.4) is 0 Å². The molecule has 1 aromatic carbocycles. The van der Waals surface area contributed by atoms with Gasteiger partial charge in [-0.05, 0) is 28.6 Å². The minimum atomic E-state index is -0.418. The summed E-state index contributed by atoms with van der Waals surface area (Å²) in [4.78, 5) is 1.22. The number of allylic oxidation sites excluding steroid dienone is 1. The van der Waals surface area contributed by atoms with E-state index in [2.05, 4.69) is 13.0 Å². The molecule has 15 heavy (non-hydrogen) atoms. The lowest BCUT2D eigenvalue weighted by Crippen LogP contribution is -1.75. The molecule has 0 aliphatic rings. The van der Waals surface area contributed by atoms with Crippen LogP contribution >= 0.6 is 11.3 Å². The number of hydrogen-bond acceptors (Lipinski definition) is 1. The lowest BCUT2D eigenvalue weighted by molar-refractivity contribution is 0.673. The number of benzene rings is 1. The molecule has 2 aromatic rings. The van der Waals surface area contributed by atoms with E-state index >= 15 is 0 Å². The number of halogens is 1. The molecule has 0 unspecified atom stereocenters. The summed E-state index contributed by atoms with van der Waals surface area (Å²) < 4.78 is 12.5. The van der Waals surface area contributed by atoms with Crippen LogP contribution < -0.4 is 0 Å². The highest BCUT2D eigenvalue weighted by Gasteiger charge is 1.97. The van der Waals surface area contributed by atoms with Crippen LogP contribution in [0.2, 0.25) is 0 Å². The van der Waals surface area contributed by atoms with E-state index in [1.165, 1.54) is 11.0 Å². The molecular weight excluding hydrogens is 207 g/mol. The van der Waals surface area contributed by atoms with Crippen molar-refractivity contribution in [3.63, 3.8) is 0 Å². The Morgan fingerprint density at radius 1 is 1.20 bits per heavy atom. The van der Waals surface area contributed by atoms with Crippen LogP contribution in [0.15, 0.2) is 47.6 Å². The lowest BCUT2D eigenvalue weighted by atomic mass is 10.1. The zero-order valence-electron chi connectivity index (χ0n) is 8.11. The smallest absolute Gasteiger partial charge is 0.101 e. The predicted molar refractivity (Wildman–Crippen MR) is 64.2 cm³/mol. The maximum absolute atomic E-state index is 12.5. The molecule has 0 spiro atoms. The summed E-state index contributed by atoms with van der Waals surface area (Å²) in [7, 11) is 0. The molecule has 0 aliphatic heterocycles. The third-order valence-electron chi connectivity index (χ3n) is 2.04. The Bertz CT molecular complexity index is 448. The molecule has 1 radical (unpaired) electrons. The summed E-state index contributed by atoms with van der Waals surface area (Å²) in [6, 6.07) is 11.8. The average Bonchev–Trinajstić information content (AvgIpc) is 2.71. The Morgan fingerprint density at radius 3 is 2.47 bits per heavy atom. The molecule has 0 saturated heterocycles. The van der Waals surface area contributed by atoms with Crippen molar-refractivity contribution in [2.24, 2.45) is 0 Å². The van der Waals surface area contributed by atoms with Crippen LogP contribution in [0.5, 0.6) is 0 Å². The van der Waals surface area contributed by atoms with E-state index in [0.29, 0.717) is 0 Å². The summed E-state index contributed by atoms with van der Waals surface area (Å²) in [5.74, 6) is -0.418. The van der Waals surface area contributed by atoms with E-state index in [0.717, 1.165) is 11.1 Å². The molecular formula is C13H10FS. The Balaban J connectivity index is 2.29. The second-order valence-electron chi connectivity index (χ2n) is 3.19. The van der Waals surface area contributed by atoms with Crippen LogP contribution in [0.1, 0.15) is 5.56 Å². The first-order chi connectivity index (χ1) is 7.25. The van der Waals surface area contributed by atoms with Crippen molar-refractivity contribution in [2.45, 2.75) is 0 Å². The molecule has 0 saturated carbocycles. The molecule has 0 aliphatic carbocycles. The van der Waals surface area contributed by atoms with E-state index in [4.69, 9.17) is 0 Å². The average molecular weight is 217 g/mol. The number of thiophene rings is 1. The molecule has 0 bridgehead atoms. The first kappa shape index (κ1) is 10.1. The standard InChI is InChI=1S/C13H10FS/c1-10(14)9-11-4-6-12(7-5-11)13-3-2-8-15-13/h2-9H,1H2/b10-9-. The quantitative estimate of drug-likeness (QED) is 0.691. The van der Waals surface area contributed by atoms with Crippen LogP contribution in [-0.2, 0) is 0 Å². The second-order valence-corrected chi connectivity index (χ2v) is 4.14. The van der Waals surface area contributed by atoms with Gasteiger partial charge in [-0.1, -0.05) is 30.3 Å². The number of hydrogen-bond donors (Lipinski definition) is 0. The Morgan fingerprint density at radius 2 is 1.93 bits per heavy atom. The lowest BCUT2D eigenvalue weighted by Gasteiger charge is -1.98. The third-order valence-corrected chi connectivity index (χ3v) is 2.96. The van der Waals surface area contributed by atoms with Crippen molar-refractivity contribution in [1.82, 2.24) is 0 Å². The SMILES string of the molecule is [CH2]/C(F)=C/c1ccc(-c2cccs2)cc1. The molecule has 75 valence electrons. The predicted octanol–water partition coefficient (Wildman–Crippen LogP) is 4.56. The highest BCUT2D eigenvalue weighted by Crippen LogP contribution is 2.25. The monoisotopic (exact) mass is 217 g/mol.